The molecule has 1 aromatic rings. The number of sulfonamides is 1. The Labute approximate surface area is 246 Å². The Morgan fingerprint density at radius 3 is 2.49 bits per heavy atom. The molecule has 228 valence electrons. The minimum absolute atomic E-state index is 0.137. The van der Waals surface area contributed by atoms with Crippen LogP contribution in [0.15, 0.2) is 24.3 Å². The maximum Gasteiger partial charge on any atom is 0.237 e. The van der Waals surface area contributed by atoms with Gasteiger partial charge in [-0.1, -0.05) is 24.6 Å². The monoisotopic (exact) mass is 588 g/mol. The van der Waals surface area contributed by atoms with Gasteiger partial charge in [-0.2, -0.15) is 0 Å². The molecule has 3 fully saturated rings. The van der Waals surface area contributed by atoms with Crippen molar-refractivity contribution in [3.8, 4) is 5.75 Å². The minimum Gasteiger partial charge on any atom is -0.491 e. The Balaban J connectivity index is 1.15. The molecule has 4 aliphatic rings. The second kappa shape index (κ2) is 13.4. The van der Waals surface area contributed by atoms with Crippen molar-refractivity contribution in [2.24, 2.45) is 11.3 Å². The summed E-state index contributed by atoms with van der Waals surface area (Å²) >= 11 is 0. The standard InChI is InChI=1S/C31H48N4O5S/c1-41(38,39)34-19-12-25(13-20-34)27-10-5-7-18-35(27)29(36)24-33-21-15-31(16-22-33)14-6-4-9-26-8-2-3-11-28(26)40-23-17-32-30(31)37/h2-3,8,11,25,27H,4-7,9-10,12-24H2,1H3,(H,32,37). The quantitative estimate of drug-likeness (QED) is 0.581. The van der Waals surface area contributed by atoms with Crippen molar-refractivity contribution in [3.05, 3.63) is 29.8 Å². The fourth-order valence-electron chi connectivity index (χ4n) is 7.50. The van der Waals surface area contributed by atoms with Crippen LogP contribution in [0.5, 0.6) is 5.75 Å². The number of fused-ring (bicyclic) bond motifs is 1. The highest BCUT2D eigenvalue weighted by atomic mass is 32.2. The van der Waals surface area contributed by atoms with E-state index < -0.39 is 10.0 Å². The van der Waals surface area contributed by atoms with Crippen LogP contribution in [-0.2, 0) is 26.0 Å². The summed E-state index contributed by atoms with van der Waals surface area (Å²) in [5.41, 5.74) is 0.859. The van der Waals surface area contributed by atoms with Crippen molar-refractivity contribution >= 4 is 21.8 Å². The molecule has 2 amide bonds. The Morgan fingerprint density at radius 2 is 1.73 bits per heavy atom. The van der Waals surface area contributed by atoms with Crippen LogP contribution in [0.3, 0.4) is 0 Å². The zero-order valence-electron chi connectivity index (χ0n) is 24.7. The predicted octanol–water partition coefficient (Wildman–Crippen LogP) is 3.04. The van der Waals surface area contributed by atoms with Crippen molar-refractivity contribution in [1.82, 2.24) is 19.4 Å². The van der Waals surface area contributed by atoms with Gasteiger partial charge >= 0.3 is 0 Å². The Morgan fingerprint density at radius 1 is 0.976 bits per heavy atom. The van der Waals surface area contributed by atoms with E-state index in [4.69, 9.17) is 4.74 Å². The van der Waals surface area contributed by atoms with Gasteiger partial charge in [-0.25, -0.2) is 12.7 Å². The van der Waals surface area contributed by atoms with E-state index in [9.17, 15) is 18.0 Å². The van der Waals surface area contributed by atoms with Crippen LogP contribution in [-0.4, -0.2) is 99.1 Å². The second-order valence-electron chi connectivity index (χ2n) is 12.6. The molecule has 1 atom stereocenters. The number of aryl methyl sites for hydroxylation is 1. The molecule has 4 heterocycles. The number of hydrogen-bond donors (Lipinski definition) is 1. The number of carbonyl (C=O) groups excluding carboxylic acids is 2. The fourth-order valence-corrected chi connectivity index (χ4v) is 8.38. The number of ether oxygens (including phenoxy) is 1. The average Bonchev–Trinajstić information content (AvgIpc) is 2.98. The molecule has 10 heteroatoms. The van der Waals surface area contributed by atoms with E-state index in [-0.39, 0.29) is 23.3 Å². The van der Waals surface area contributed by atoms with Gasteiger partial charge in [-0.15, -0.1) is 0 Å². The molecule has 0 saturated carbocycles. The van der Waals surface area contributed by atoms with Crippen molar-refractivity contribution in [2.75, 3.05) is 58.7 Å². The number of likely N-dealkylation sites (tertiary alicyclic amines) is 2. The number of piperidine rings is 3. The molecule has 9 nitrogen and oxygen atoms in total. The average molecular weight is 589 g/mol. The molecule has 0 radical (unpaired) electrons. The number of rotatable bonds is 4. The van der Waals surface area contributed by atoms with Crippen molar-refractivity contribution in [3.63, 3.8) is 0 Å². The van der Waals surface area contributed by atoms with E-state index >= 15 is 0 Å². The van der Waals surface area contributed by atoms with Crippen molar-refractivity contribution in [1.29, 1.82) is 0 Å². The molecule has 3 saturated heterocycles. The van der Waals surface area contributed by atoms with Crippen molar-refractivity contribution < 1.29 is 22.7 Å². The van der Waals surface area contributed by atoms with E-state index in [1.54, 1.807) is 4.31 Å². The van der Waals surface area contributed by atoms with E-state index in [0.717, 1.165) is 96.0 Å². The number of benzene rings is 1. The first kappa shape index (κ1) is 30.3. The lowest BCUT2D eigenvalue weighted by atomic mass is 9.73. The molecule has 5 rings (SSSR count). The summed E-state index contributed by atoms with van der Waals surface area (Å²) in [5, 5.41) is 3.15. The largest absolute Gasteiger partial charge is 0.491 e. The fraction of sp³-hybridized carbons (Fsp3) is 0.742. The van der Waals surface area contributed by atoms with Crippen LogP contribution in [0.1, 0.15) is 69.8 Å². The normalized spacial score (nSPS) is 25.8. The van der Waals surface area contributed by atoms with Gasteiger partial charge in [0, 0.05) is 25.7 Å². The number of hydrogen-bond acceptors (Lipinski definition) is 6. The first-order valence-corrected chi connectivity index (χ1v) is 17.6. The Hall–Kier alpha value is -2.17. The maximum atomic E-state index is 13.6. The number of carbonyl (C=O) groups is 2. The molecule has 1 N–H and O–H groups in total. The number of amides is 2. The first-order valence-electron chi connectivity index (χ1n) is 15.7. The Kier molecular flexibility index (Phi) is 9.92. The smallest absolute Gasteiger partial charge is 0.237 e. The molecular weight excluding hydrogens is 540 g/mol. The summed E-state index contributed by atoms with van der Waals surface area (Å²) in [6.45, 7) is 4.77. The third-order valence-corrected chi connectivity index (χ3v) is 11.3. The lowest BCUT2D eigenvalue weighted by Crippen LogP contribution is -2.55. The molecule has 41 heavy (non-hydrogen) atoms. The van der Waals surface area contributed by atoms with Crippen LogP contribution in [0.25, 0.3) is 0 Å². The summed E-state index contributed by atoms with van der Waals surface area (Å²) in [6.07, 6.45) is 11.5. The number of nitrogens with zero attached hydrogens (tertiary/aromatic N) is 3. The number of nitrogens with one attached hydrogen (secondary N) is 1. The maximum absolute atomic E-state index is 13.6. The van der Waals surface area contributed by atoms with Crippen LogP contribution in [0.2, 0.25) is 0 Å². The predicted molar refractivity (Wildman–Crippen MR) is 159 cm³/mol. The van der Waals surface area contributed by atoms with Gasteiger partial charge < -0.3 is 15.0 Å². The third kappa shape index (κ3) is 7.43. The number of para-hydroxylation sites is 1. The van der Waals surface area contributed by atoms with Crippen molar-refractivity contribution in [2.45, 2.75) is 76.7 Å². The van der Waals surface area contributed by atoms with Gasteiger partial charge in [0.25, 0.3) is 0 Å². The zero-order chi connectivity index (χ0) is 28.9. The Bertz CT molecular complexity index is 1160. The lowest BCUT2D eigenvalue weighted by molar-refractivity contribution is -0.140. The van der Waals surface area contributed by atoms with Gasteiger partial charge in [-0.3, -0.25) is 14.5 Å². The molecule has 1 spiro atoms. The van der Waals surface area contributed by atoms with E-state index in [2.05, 4.69) is 27.2 Å². The molecule has 1 unspecified atom stereocenters. The summed E-state index contributed by atoms with van der Waals surface area (Å²) in [6, 6.07) is 8.40. The van der Waals surface area contributed by atoms with Crippen LogP contribution in [0.4, 0.5) is 0 Å². The minimum atomic E-state index is -3.16. The van der Waals surface area contributed by atoms with E-state index in [1.807, 2.05) is 12.1 Å². The highest BCUT2D eigenvalue weighted by Gasteiger charge is 2.42. The third-order valence-electron chi connectivity index (χ3n) is 10.0. The van der Waals surface area contributed by atoms with Gasteiger partial charge in [0.2, 0.25) is 21.8 Å². The molecule has 1 aromatic carbocycles. The molecule has 0 bridgehead atoms. The highest BCUT2D eigenvalue weighted by Crippen LogP contribution is 2.38. The first-order chi connectivity index (χ1) is 19.7. The van der Waals surface area contributed by atoms with Gasteiger partial charge in [0.05, 0.1) is 24.8 Å². The van der Waals surface area contributed by atoms with Crippen LogP contribution in [0, 0.1) is 11.3 Å². The SMILES string of the molecule is CS(=O)(=O)N1CCC(C2CCCCN2C(=O)CN2CCC3(CCCCc4ccccc4OCCNC3=O)CC2)CC1. The molecule has 4 aliphatic heterocycles. The van der Waals surface area contributed by atoms with E-state index in [1.165, 1.54) is 11.8 Å². The van der Waals surface area contributed by atoms with Gasteiger partial charge in [-0.05, 0) is 94.8 Å². The summed E-state index contributed by atoms with van der Waals surface area (Å²) in [5.74, 6) is 1.61. The van der Waals surface area contributed by atoms with Gasteiger partial charge in [0.1, 0.15) is 12.4 Å². The van der Waals surface area contributed by atoms with Crippen LogP contribution >= 0.6 is 0 Å². The highest BCUT2D eigenvalue weighted by molar-refractivity contribution is 7.88. The molecule has 0 aliphatic carbocycles. The molecule has 0 aromatic heterocycles. The second-order valence-corrected chi connectivity index (χ2v) is 14.6. The van der Waals surface area contributed by atoms with Gasteiger partial charge in [0.15, 0.2) is 0 Å². The van der Waals surface area contributed by atoms with Crippen LogP contribution < -0.4 is 10.1 Å². The van der Waals surface area contributed by atoms with E-state index in [0.29, 0.717) is 38.7 Å². The summed E-state index contributed by atoms with van der Waals surface area (Å²) in [7, 11) is -3.16. The molecular formula is C31H48N4O5S. The zero-order valence-corrected chi connectivity index (χ0v) is 25.5. The lowest BCUT2D eigenvalue weighted by Gasteiger charge is -2.45. The summed E-state index contributed by atoms with van der Waals surface area (Å²) < 4.78 is 31.5. The topological polar surface area (TPSA) is 99.3 Å². The summed E-state index contributed by atoms with van der Waals surface area (Å²) in [4.78, 5) is 31.4.